The van der Waals surface area contributed by atoms with Crippen LogP contribution in [0.3, 0.4) is 0 Å². The molecule has 0 saturated carbocycles. The fourth-order valence-corrected chi connectivity index (χ4v) is 3.49. The predicted octanol–water partition coefficient (Wildman–Crippen LogP) is 2.48. The van der Waals surface area contributed by atoms with E-state index in [0.717, 1.165) is 19.6 Å². The topological polar surface area (TPSA) is 45.2 Å². The largest absolute Gasteiger partial charge is 0.303 e. The highest BCUT2D eigenvalue weighted by Crippen LogP contribution is 2.24. The summed E-state index contributed by atoms with van der Waals surface area (Å²) in [5, 5.41) is 3.60. The number of nitrogens with one attached hydrogen (secondary N) is 1. The van der Waals surface area contributed by atoms with Crippen LogP contribution in [0, 0.1) is 0 Å². The quantitative estimate of drug-likeness (QED) is 0.886. The number of hydrogen-bond acceptors (Lipinski definition) is 4. The molecule has 1 fully saturated rings. The summed E-state index contributed by atoms with van der Waals surface area (Å²) in [5.74, 6) is -0.300. The number of alkyl halides is 1. The van der Waals surface area contributed by atoms with E-state index in [2.05, 4.69) is 10.3 Å². The number of carbonyl (C=O) groups excluding carboxylic acids is 1. The zero-order valence-corrected chi connectivity index (χ0v) is 12.1. The van der Waals surface area contributed by atoms with Crippen LogP contribution in [0.25, 0.3) is 10.2 Å². The minimum atomic E-state index is -0.975. The van der Waals surface area contributed by atoms with E-state index >= 15 is 0 Å². The summed E-state index contributed by atoms with van der Waals surface area (Å²) in [6.45, 7) is 0.442. The molecule has 2 atom stereocenters. The van der Waals surface area contributed by atoms with Gasteiger partial charge in [0.05, 0.1) is 22.8 Å². The third-order valence-electron chi connectivity index (χ3n) is 3.23. The van der Waals surface area contributed by atoms with Crippen molar-refractivity contribution in [2.75, 3.05) is 6.54 Å². The van der Waals surface area contributed by atoms with Crippen LogP contribution in [-0.2, 0) is 11.3 Å². The summed E-state index contributed by atoms with van der Waals surface area (Å²) >= 11 is 7.51. The molecule has 1 aromatic carbocycles. The van der Waals surface area contributed by atoms with E-state index in [0.29, 0.717) is 0 Å². The summed E-state index contributed by atoms with van der Waals surface area (Å²) in [6.07, 6.45) is -0.793. The van der Waals surface area contributed by atoms with Crippen LogP contribution in [0.4, 0.5) is 4.39 Å². The maximum absolute atomic E-state index is 13.1. The Bertz CT molecular complexity index is 602. The fourth-order valence-electron chi connectivity index (χ4n) is 2.23. The van der Waals surface area contributed by atoms with Gasteiger partial charge in [-0.2, -0.15) is 0 Å². The van der Waals surface area contributed by atoms with Gasteiger partial charge in [-0.3, -0.25) is 4.79 Å². The Balaban J connectivity index is 1.68. The number of amides is 1. The second kappa shape index (κ2) is 5.63. The van der Waals surface area contributed by atoms with Crippen LogP contribution in [-0.4, -0.2) is 34.1 Å². The van der Waals surface area contributed by atoms with E-state index in [-0.39, 0.29) is 25.4 Å². The van der Waals surface area contributed by atoms with Crippen molar-refractivity contribution in [3.63, 3.8) is 0 Å². The first-order valence-corrected chi connectivity index (χ1v) is 7.48. The number of hydrogen-bond donors (Lipinski definition) is 1. The van der Waals surface area contributed by atoms with Crippen molar-refractivity contribution >= 4 is 39.2 Å². The lowest BCUT2D eigenvalue weighted by Gasteiger charge is -2.16. The Morgan fingerprint density at radius 1 is 1.55 bits per heavy atom. The Kier molecular flexibility index (Phi) is 3.87. The molecule has 1 aromatic heterocycles. The van der Waals surface area contributed by atoms with Crippen molar-refractivity contribution in [1.82, 2.24) is 14.7 Å². The Hall–Kier alpha value is -1.24. The average Bonchev–Trinajstić information content (AvgIpc) is 3.03. The van der Waals surface area contributed by atoms with Crippen LogP contribution in [0.5, 0.6) is 0 Å². The van der Waals surface area contributed by atoms with Crippen LogP contribution in [0.15, 0.2) is 24.3 Å². The molecule has 1 aliphatic heterocycles. The lowest BCUT2D eigenvalue weighted by Crippen LogP contribution is -2.38. The Labute approximate surface area is 124 Å². The summed E-state index contributed by atoms with van der Waals surface area (Å²) in [6, 6.07) is 7.22. The van der Waals surface area contributed by atoms with E-state index < -0.39 is 12.2 Å². The Morgan fingerprint density at radius 3 is 3.05 bits per heavy atom. The average molecular weight is 314 g/mol. The van der Waals surface area contributed by atoms with Crippen LogP contribution in [0.2, 0.25) is 0 Å². The number of rotatable bonds is 3. The van der Waals surface area contributed by atoms with Crippen molar-refractivity contribution in [1.29, 1.82) is 0 Å². The second-order valence-electron chi connectivity index (χ2n) is 4.73. The normalized spacial score (nSPS) is 22.3. The molecule has 0 spiro atoms. The van der Waals surface area contributed by atoms with E-state index in [1.54, 1.807) is 0 Å². The molecule has 2 heterocycles. The maximum atomic E-state index is 13.1. The van der Waals surface area contributed by atoms with Gasteiger partial charge in [0.15, 0.2) is 0 Å². The van der Waals surface area contributed by atoms with Crippen LogP contribution < -0.4 is 5.32 Å². The van der Waals surface area contributed by atoms with Gasteiger partial charge in [0.25, 0.3) is 5.91 Å². The molecule has 7 heteroatoms. The number of nitrogens with zero attached hydrogens (tertiary/aromatic N) is 2. The monoisotopic (exact) mass is 313 g/mol. The molecular weight excluding hydrogens is 301 g/mol. The van der Waals surface area contributed by atoms with Gasteiger partial charge in [0, 0.05) is 24.7 Å². The molecule has 0 bridgehead atoms. The zero-order chi connectivity index (χ0) is 14.1. The van der Waals surface area contributed by atoms with E-state index in [1.807, 2.05) is 24.3 Å². The van der Waals surface area contributed by atoms with Crippen LogP contribution in [0.1, 0.15) is 11.4 Å². The Morgan fingerprint density at radius 2 is 2.35 bits per heavy atom. The first kappa shape index (κ1) is 13.7. The molecule has 4 nitrogen and oxygen atoms in total. The fraction of sp³-hybridized carbons (Fsp3) is 0.385. The zero-order valence-electron chi connectivity index (χ0n) is 10.6. The number of para-hydroxylation sites is 1. The first-order valence-electron chi connectivity index (χ1n) is 6.32. The smallest absolute Gasteiger partial charge is 0.254 e. The standard InChI is InChI=1S/C13H13ClFN3OS/c14-18(13(19)10-5-8(15)6-16-10)7-12-17-9-3-1-2-4-11(9)20-12/h1-4,8,10,16H,5-7H2/t8-,10+/m1/s1. The molecule has 1 amide bonds. The third kappa shape index (κ3) is 2.77. The summed E-state index contributed by atoms with van der Waals surface area (Å²) in [4.78, 5) is 16.5. The first-order chi connectivity index (χ1) is 9.63. The molecule has 106 valence electrons. The van der Waals surface area contributed by atoms with Gasteiger partial charge in [0.2, 0.25) is 0 Å². The molecule has 0 unspecified atom stereocenters. The second-order valence-corrected chi connectivity index (χ2v) is 6.25. The lowest BCUT2D eigenvalue weighted by molar-refractivity contribution is -0.128. The molecule has 1 N–H and O–H groups in total. The number of benzene rings is 1. The number of halogens is 2. The highest BCUT2D eigenvalue weighted by Gasteiger charge is 2.32. The van der Waals surface area contributed by atoms with E-state index in [9.17, 15) is 9.18 Å². The van der Waals surface area contributed by atoms with E-state index in [1.165, 1.54) is 11.3 Å². The predicted molar refractivity (Wildman–Crippen MR) is 77.3 cm³/mol. The molecule has 1 saturated heterocycles. The maximum Gasteiger partial charge on any atom is 0.254 e. The molecule has 20 heavy (non-hydrogen) atoms. The van der Waals surface area contributed by atoms with Crippen molar-refractivity contribution in [2.45, 2.75) is 25.2 Å². The highest BCUT2D eigenvalue weighted by molar-refractivity contribution is 7.18. The van der Waals surface area contributed by atoms with Gasteiger partial charge in [-0.1, -0.05) is 12.1 Å². The number of fused-ring (bicyclic) bond motifs is 1. The van der Waals surface area contributed by atoms with Crippen molar-refractivity contribution < 1.29 is 9.18 Å². The molecular formula is C13H13ClFN3OS. The van der Waals surface area contributed by atoms with Gasteiger partial charge < -0.3 is 5.32 Å². The van der Waals surface area contributed by atoms with Gasteiger partial charge >= 0.3 is 0 Å². The minimum absolute atomic E-state index is 0.182. The highest BCUT2D eigenvalue weighted by atomic mass is 35.5. The molecule has 0 aliphatic carbocycles. The van der Waals surface area contributed by atoms with Gasteiger partial charge in [0.1, 0.15) is 11.2 Å². The van der Waals surface area contributed by atoms with Gasteiger partial charge in [-0.05, 0) is 12.1 Å². The summed E-state index contributed by atoms with van der Waals surface area (Å²) < 4.78 is 15.2. The third-order valence-corrected chi connectivity index (χ3v) is 4.53. The minimum Gasteiger partial charge on any atom is -0.303 e. The lowest BCUT2D eigenvalue weighted by atomic mass is 10.2. The molecule has 1 aliphatic rings. The number of carbonyl (C=O) groups is 1. The van der Waals surface area contributed by atoms with Gasteiger partial charge in [-0.15, -0.1) is 11.3 Å². The summed E-state index contributed by atoms with van der Waals surface area (Å²) in [7, 11) is 0. The van der Waals surface area contributed by atoms with Crippen molar-refractivity contribution in [3.8, 4) is 0 Å². The number of thiazole rings is 1. The number of aromatic nitrogens is 1. The van der Waals surface area contributed by atoms with Gasteiger partial charge in [-0.25, -0.2) is 13.8 Å². The van der Waals surface area contributed by atoms with Crippen LogP contribution >= 0.6 is 23.1 Å². The van der Waals surface area contributed by atoms with Crippen molar-refractivity contribution in [3.05, 3.63) is 29.3 Å². The summed E-state index contributed by atoms with van der Waals surface area (Å²) in [5.41, 5.74) is 0.896. The molecule has 3 rings (SSSR count). The van der Waals surface area contributed by atoms with Crippen molar-refractivity contribution in [2.24, 2.45) is 0 Å². The molecule has 2 aromatic rings. The van der Waals surface area contributed by atoms with E-state index in [4.69, 9.17) is 11.8 Å². The molecule has 0 radical (unpaired) electrons. The SMILES string of the molecule is O=C([C@@H]1C[C@@H](F)CN1)N(Cl)Cc1nc2ccccc2s1.